The molecule has 5 unspecified atom stereocenters. The van der Waals surface area contributed by atoms with Gasteiger partial charge in [-0.05, 0) is 81.1 Å². The molecule has 6 rings (SSSR count). The molecule has 138 valence electrons. The van der Waals surface area contributed by atoms with Crippen LogP contribution in [0.5, 0.6) is 0 Å². The fourth-order valence-electron chi connectivity index (χ4n) is 8.21. The van der Waals surface area contributed by atoms with Gasteiger partial charge in [0.2, 0.25) is 5.91 Å². The van der Waals surface area contributed by atoms with Crippen LogP contribution in [0.2, 0.25) is 0 Å². The van der Waals surface area contributed by atoms with Gasteiger partial charge in [0, 0.05) is 16.4 Å². The lowest BCUT2D eigenvalue weighted by atomic mass is 9.10. The van der Waals surface area contributed by atoms with E-state index in [1.54, 1.807) is 12.1 Å². The maximum atomic E-state index is 13.4. The van der Waals surface area contributed by atoms with Crippen molar-refractivity contribution in [3.05, 3.63) is 35.6 Å². The average Bonchev–Trinajstić information content (AvgIpc) is 2.57. The Hall–Kier alpha value is -1.42. The Morgan fingerprint density at radius 3 is 2.54 bits per heavy atom. The number of nitrogens with zero attached hydrogens (tertiary/aromatic N) is 1. The molecule has 1 aliphatic heterocycles. The van der Waals surface area contributed by atoms with Crippen molar-refractivity contribution < 1.29 is 9.18 Å². The highest BCUT2D eigenvalue weighted by molar-refractivity contribution is 5.80. The summed E-state index contributed by atoms with van der Waals surface area (Å²) in [7, 11) is 0. The summed E-state index contributed by atoms with van der Waals surface area (Å²) in [6.45, 7) is 2.70. The molecule has 1 N–H and O–H groups in total. The van der Waals surface area contributed by atoms with Gasteiger partial charge >= 0.3 is 0 Å². The van der Waals surface area contributed by atoms with Gasteiger partial charge < -0.3 is 5.32 Å². The van der Waals surface area contributed by atoms with Crippen LogP contribution in [0.1, 0.15) is 50.5 Å². The van der Waals surface area contributed by atoms with Crippen LogP contribution < -0.4 is 5.32 Å². The molecule has 26 heavy (non-hydrogen) atoms. The van der Waals surface area contributed by atoms with Crippen molar-refractivity contribution in [2.75, 3.05) is 19.6 Å². The zero-order valence-corrected chi connectivity index (χ0v) is 15.3. The van der Waals surface area contributed by atoms with Crippen molar-refractivity contribution in [3.63, 3.8) is 0 Å². The molecule has 1 heterocycles. The highest BCUT2D eigenvalue weighted by Crippen LogP contribution is 2.93. The molecule has 1 aromatic carbocycles. The van der Waals surface area contributed by atoms with Crippen molar-refractivity contribution in [1.82, 2.24) is 10.2 Å². The first-order valence-electron chi connectivity index (χ1n) is 10.4. The third-order valence-corrected chi connectivity index (χ3v) is 8.83. The number of carbonyl (C=O) groups is 1. The lowest BCUT2D eigenvalue weighted by Crippen LogP contribution is -2.98. The summed E-state index contributed by atoms with van der Waals surface area (Å²) in [5.74, 6) is 1.62. The summed E-state index contributed by atoms with van der Waals surface area (Å²) in [5, 5.41) is 3.51. The van der Waals surface area contributed by atoms with E-state index >= 15 is 0 Å². The number of rotatable bonds is 4. The minimum Gasteiger partial charge on any atom is -0.349 e. The third kappa shape index (κ3) is 1.58. The van der Waals surface area contributed by atoms with Crippen LogP contribution in [0.25, 0.3) is 0 Å². The second-order valence-electron chi connectivity index (χ2n) is 9.64. The van der Waals surface area contributed by atoms with E-state index in [1.165, 1.54) is 37.7 Å². The van der Waals surface area contributed by atoms with E-state index in [-0.39, 0.29) is 22.7 Å². The van der Waals surface area contributed by atoms with Crippen LogP contribution in [-0.2, 0) is 10.2 Å². The number of benzene rings is 1. The maximum absolute atomic E-state index is 13.4. The standard InChI is InChI=1S/C22H27FN2O/c23-18-6-4-15(5-7-18)20-11-16-10-17-12-21(14-20,22(16,17)20)24-19(26)13-25-8-2-1-3-9-25/h4-7,16-17H,1-3,8-14H2,(H,24,26). The zero-order valence-electron chi connectivity index (χ0n) is 15.3. The Morgan fingerprint density at radius 2 is 1.85 bits per heavy atom. The quantitative estimate of drug-likeness (QED) is 0.900. The zero-order chi connectivity index (χ0) is 17.6. The van der Waals surface area contributed by atoms with Crippen LogP contribution in [0.3, 0.4) is 0 Å². The summed E-state index contributed by atoms with van der Waals surface area (Å²) >= 11 is 0. The van der Waals surface area contributed by atoms with E-state index in [9.17, 15) is 9.18 Å². The Bertz CT molecular complexity index is 767. The molecule has 3 nitrogen and oxygen atoms in total. The average molecular weight is 354 g/mol. The second kappa shape index (κ2) is 4.89. The lowest BCUT2D eigenvalue weighted by molar-refractivity contribution is -0.412. The Morgan fingerprint density at radius 1 is 1.12 bits per heavy atom. The van der Waals surface area contributed by atoms with Crippen LogP contribution in [0.15, 0.2) is 24.3 Å². The Balaban J connectivity index is 1.22. The first-order chi connectivity index (χ1) is 12.6. The van der Waals surface area contributed by atoms with E-state index in [1.807, 2.05) is 12.1 Å². The number of hydrogen-bond acceptors (Lipinski definition) is 2. The number of nitrogens with one attached hydrogen (secondary N) is 1. The second-order valence-corrected chi connectivity index (χ2v) is 9.64. The molecular formula is C22H27FN2O. The molecule has 5 fully saturated rings. The number of amides is 1. The predicted molar refractivity (Wildman–Crippen MR) is 97.1 cm³/mol. The van der Waals surface area contributed by atoms with E-state index in [0.717, 1.165) is 37.8 Å². The molecule has 1 aromatic rings. The van der Waals surface area contributed by atoms with Gasteiger partial charge in [0.15, 0.2) is 0 Å². The van der Waals surface area contributed by atoms with Crippen molar-refractivity contribution in [3.8, 4) is 0 Å². The van der Waals surface area contributed by atoms with Gasteiger partial charge in [-0.3, -0.25) is 9.69 Å². The van der Waals surface area contributed by atoms with E-state index < -0.39 is 0 Å². The van der Waals surface area contributed by atoms with Crippen LogP contribution in [0.4, 0.5) is 4.39 Å². The number of piperidine rings is 1. The minimum atomic E-state index is -0.155. The number of carbonyl (C=O) groups excluding carboxylic acids is 1. The molecule has 4 aliphatic carbocycles. The molecule has 4 saturated carbocycles. The summed E-state index contributed by atoms with van der Waals surface area (Å²) in [6, 6.07) is 7.20. The molecule has 0 bridgehead atoms. The molecule has 0 radical (unpaired) electrons. The molecular weight excluding hydrogens is 327 g/mol. The molecule has 1 saturated heterocycles. The molecule has 0 aromatic heterocycles. The largest absolute Gasteiger partial charge is 0.349 e. The highest BCUT2D eigenvalue weighted by atomic mass is 19.1. The maximum Gasteiger partial charge on any atom is 0.234 e. The van der Waals surface area contributed by atoms with Gasteiger partial charge in [-0.25, -0.2) is 4.39 Å². The van der Waals surface area contributed by atoms with Crippen molar-refractivity contribution >= 4 is 5.91 Å². The smallest absolute Gasteiger partial charge is 0.234 e. The monoisotopic (exact) mass is 354 g/mol. The van der Waals surface area contributed by atoms with Gasteiger partial charge in [-0.1, -0.05) is 18.6 Å². The number of hydrogen-bond donors (Lipinski definition) is 1. The Kier molecular flexibility index (Phi) is 2.94. The first kappa shape index (κ1) is 15.6. The minimum absolute atomic E-state index is 0.0418. The van der Waals surface area contributed by atoms with Crippen molar-refractivity contribution in [2.24, 2.45) is 17.3 Å². The van der Waals surface area contributed by atoms with Gasteiger partial charge in [0.1, 0.15) is 5.82 Å². The first-order valence-corrected chi connectivity index (χ1v) is 10.4. The van der Waals surface area contributed by atoms with E-state index in [0.29, 0.717) is 12.0 Å². The summed E-state index contributed by atoms with van der Waals surface area (Å²) in [4.78, 5) is 15.1. The van der Waals surface area contributed by atoms with E-state index in [4.69, 9.17) is 0 Å². The molecule has 5 aliphatic rings. The fraction of sp³-hybridized carbons (Fsp3) is 0.682. The summed E-state index contributed by atoms with van der Waals surface area (Å²) in [5.41, 5.74) is 1.86. The summed E-state index contributed by atoms with van der Waals surface area (Å²) in [6.07, 6.45) is 8.54. The Labute approximate surface area is 154 Å². The molecule has 4 heteroatoms. The highest BCUT2D eigenvalue weighted by Gasteiger charge is 2.94. The van der Waals surface area contributed by atoms with Gasteiger partial charge in [0.05, 0.1) is 6.54 Å². The SMILES string of the molecule is O=C(CN1CCCCC1)NC12CC3CC4CC(c5ccc(F)cc5)(C1)C342. The van der Waals surface area contributed by atoms with Crippen molar-refractivity contribution in [1.29, 1.82) is 0 Å². The number of likely N-dealkylation sites (tertiary alicyclic amines) is 1. The van der Waals surface area contributed by atoms with Crippen molar-refractivity contribution in [2.45, 2.75) is 55.9 Å². The topological polar surface area (TPSA) is 32.3 Å². The van der Waals surface area contributed by atoms with Crippen LogP contribution in [-0.4, -0.2) is 36.0 Å². The lowest BCUT2D eigenvalue weighted by Gasteiger charge is -2.95. The molecule has 1 spiro atoms. The predicted octanol–water partition coefficient (Wildman–Crippen LogP) is 3.24. The fourth-order valence-corrected chi connectivity index (χ4v) is 8.21. The van der Waals surface area contributed by atoms with Gasteiger partial charge in [-0.15, -0.1) is 0 Å². The summed E-state index contributed by atoms with van der Waals surface area (Å²) < 4.78 is 13.4. The molecule has 1 amide bonds. The molecule has 5 atom stereocenters. The van der Waals surface area contributed by atoms with Crippen LogP contribution >= 0.6 is 0 Å². The van der Waals surface area contributed by atoms with Gasteiger partial charge in [0.25, 0.3) is 0 Å². The van der Waals surface area contributed by atoms with Crippen LogP contribution in [0, 0.1) is 23.1 Å². The van der Waals surface area contributed by atoms with Gasteiger partial charge in [-0.2, -0.15) is 0 Å². The van der Waals surface area contributed by atoms with E-state index in [2.05, 4.69) is 10.2 Å². The third-order valence-electron chi connectivity index (χ3n) is 8.83. The number of halogens is 1. The normalized spacial score (nSPS) is 45.1.